The fraction of sp³-hybridized carbons (Fsp3) is 0.650. The molecule has 1 aromatic rings. The van der Waals surface area contributed by atoms with Gasteiger partial charge < -0.3 is 20.3 Å². The number of methoxy groups -OCH3 is 1. The molecule has 0 saturated heterocycles. The first-order valence-corrected chi connectivity index (χ1v) is 9.42. The Hall–Kier alpha value is -1.59. The number of likely N-dealkylation sites (N-methyl/N-ethyl adjacent to an activating group) is 1. The number of hydrogen-bond acceptors (Lipinski definition) is 3. The first kappa shape index (κ1) is 21.5. The van der Waals surface area contributed by atoms with Crippen LogP contribution in [0.25, 0.3) is 0 Å². The quantitative estimate of drug-likeness (QED) is 0.346. The van der Waals surface area contributed by atoms with Crippen molar-refractivity contribution in [2.24, 2.45) is 4.99 Å². The lowest BCUT2D eigenvalue weighted by Crippen LogP contribution is -2.42. The molecule has 0 spiro atoms. The fourth-order valence-corrected chi connectivity index (χ4v) is 2.54. The number of guanidine groups is 1. The molecular weight excluding hydrogens is 312 g/mol. The lowest BCUT2D eigenvalue weighted by atomic mass is 10.1. The Labute approximate surface area is 153 Å². The Morgan fingerprint density at radius 2 is 2.00 bits per heavy atom. The van der Waals surface area contributed by atoms with Crippen LogP contribution >= 0.6 is 0 Å². The van der Waals surface area contributed by atoms with Gasteiger partial charge in [-0.1, -0.05) is 30.3 Å². The predicted molar refractivity (Wildman–Crippen MR) is 107 cm³/mol. The molecule has 1 atom stereocenters. The van der Waals surface area contributed by atoms with Gasteiger partial charge in [0.05, 0.1) is 6.61 Å². The largest absolute Gasteiger partial charge is 0.383 e. The van der Waals surface area contributed by atoms with Gasteiger partial charge in [-0.3, -0.25) is 4.99 Å². The minimum atomic E-state index is 0.391. The van der Waals surface area contributed by atoms with Crippen LogP contribution in [0.1, 0.15) is 32.3 Å². The van der Waals surface area contributed by atoms with E-state index in [9.17, 15) is 0 Å². The van der Waals surface area contributed by atoms with E-state index in [4.69, 9.17) is 9.73 Å². The maximum atomic E-state index is 5.10. The van der Waals surface area contributed by atoms with Crippen LogP contribution in [0.2, 0.25) is 0 Å². The van der Waals surface area contributed by atoms with Gasteiger partial charge in [-0.2, -0.15) is 0 Å². The molecule has 5 nitrogen and oxygen atoms in total. The van der Waals surface area contributed by atoms with Gasteiger partial charge in [0.1, 0.15) is 0 Å². The second-order valence-electron chi connectivity index (χ2n) is 6.48. The molecule has 0 aliphatic rings. The average Bonchev–Trinajstić information content (AvgIpc) is 2.62. The number of nitrogens with zero attached hydrogens (tertiary/aromatic N) is 2. The molecule has 0 bridgehead atoms. The maximum Gasteiger partial charge on any atom is 0.191 e. The second kappa shape index (κ2) is 13.7. The maximum absolute atomic E-state index is 5.10. The molecule has 0 aliphatic carbocycles. The first-order valence-electron chi connectivity index (χ1n) is 9.42. The summed E-state index contributed by atoms with van der Waals surface area (Å²) in [6.45, 7) is 8.81. The Balaban J connectivity index is 2.31. The van der Waals surface area contributed by atoms with Crippen LogP contribution in [0, 0.1) is 0 Å². The van der Waals surface area contributed by atoms with Gasteiger partial charge >= 0.3 is 0 Å². The standard InChI is InChI=1S/C20H36N4O/c1-5-21-20(22-14-9-15-24(3)16-17-25-4)23-18(2)12-13-19-10-7-6-8-11-19/h6-8,10-11,18H,5,9,12-17H2,1-4H3,(H2,21,22,23). The molecule has 1 rings (SSSR count). The van der Waals surface area contributed by atoms with Gasteiger partial charge in [0.15, 0.2) is 5.96 Å². The van der Waals surface area contributed by atoms with Gasteiger partial charge in [-0.15, -0.1) is 0 Å². The van der Waals surface area contributed by atoms with E-state index < -0.39 is 0 Å². The van der Waals surface area contributed by atoms with Crippen molar-refractivity contribution < 1.29 is 4.74 Å². The predicted octanol–water partition coefficient (Wildman–Crippen LogP) is 2.53. The van der Waals surface area contributed by atoms with E-state index >= 15 is 0 Å². The van der Waals surface area contributed by atoms with Crippen LogP contribution in [-0.2, 0) is 11.2 Å². The number of hydrogen-bond donors (Lipinski definition) is 2. The zero-order valence-electron chi connectivity index (χ0n) is 16.4. The van der Waals surface area contributed by atoms with Crippen molar-refractivity contribution in [3.8, 4) is 0 Å². The molecule has 0 heterocycles. The lowest BCUT2D eigenvalue weighted by molar-refractivity contribution is 0.161. The summed E-state index contributed by atoms with van der Waals surface area (Å²) in [4.78, 5) is 6.98. The topological polar surface area (TPSA) is 48.9 Å². The third-order valence-corrected chi connectivity index (χ3v) is 4.08. The van der Waals surface area contributed by atoms with Crippen LogP contribution in [0.3, 0.4) is 0 Å². The average molecular weight is 349 g/mol. The number of ether oxygens (including phenoxy) is 1. The van der Waals surface area contributed by atoms with Crippen molar-refractivity contribution in [2.75, 3.05) is 46.9 Å². The van der Waals surface area contributed by atoms with E-state index in [0.29, 0.717) is 6.04 Å². The number of benzene rings is 1. The first-order chi connectivity index (χ1) is 12.2. The zero-order chi connectivity index (χ0) is 18.3. The molecule has 0 radical (unpaired) electrons. The highest BCUT2D eigenvalue weighted by Crippen LogP contribution is 2.04. The molecule has 1 unspecified atom stereocenters. The van der Waals surface area contributed by atoms with E-state index in [1.807, 2.05) is 0 Å². The van der Waals surface area contributed by atoms with E-state index in [-0.39, 0.29) is 0 Å². The summed E-state index contributed by atoms with van der Waals surface area (Å²) < 4.78 is 5.10. The highest BCUT2D eigenvalue weighted by atomic mass is 16.5. The number of nitrogens with one attached hydrogen (secondary N) is 2. The number of aryl methyl sites for hydroxylation is 1. The Morgan fingerprint density at radius 3 is 2.68 bits per heavy atom. The van der Waals surface area contributed by atoms with Crippen molar-refractivity contribution >= 4 is 5.96 Å². The Morgan fingerprint density at radius 1 is 1.24 bits per heavy atom. The highest BCUT2D eigenvalue weighted by Gasteiger charge is 2.05. The summed E-state index contributed by atoms with van der Waals surface area (Å²) in [5, 5.41) is 6.86. The summed E-state index contributed by atoms with van der Waals surface area (Å²) in [6.07, 6.45) is 3.22. The summed E-state index contributed by atoms with van der Waals surface area (Å²) in [5.41, 5.74) is 1.39. The summed E-state index contributed by atoms with van der Waals surface area (Å²) in [7, 11) is 3.86. The van der Waals surface area contributed by atoms with Crippen molar-refractivity contribution in [3.05, 3.63) is 35.9 Å². The fourth-order valence-electron chi connectivity index (χ4n) is 2.54. The number of aliphatic imine (C=N–C) groups is 1. The molecule has 0 aromatic heterocycles. The third-order valence-electron chi connectivity index (χ3n) is 4.08. The molecule has 0 saturated carbocycles. The molecular formula is C20H36N4O. The molecule has 2 N–H and O–H groups in total. The molecule has 25 heavy (non-hydrogen) atoms. The van der Waals surface area contributed by atoms with E-state index in [2.05, 4.69) is 66.8 Å². The molecule has 0 fully saturated rings. The number of rotatable bonds is 12. The minimum absolute atomic E-state index is 0.391. The molecule has 0 amide bonds. The van der Waals surface area contributed by atoms with Crippen LogP contribution in [-0.4, -0.2) is 63.8 Å². The lowest BCUT2D eigenvalue weighted by Gasteiger charge is -2.18. The molecule has 0 aliphatic heterocycles. The van der Waals surface area contributed by atoms with Gasteiger partial charge in [-0.25, -0.2) is 0 Å². The van der Waals surface area contributed by atoms with Crippen molar-refractivity contribution in [1.82, 2.24) is 15.5 Å². The smallest absolute Gasteiger partial charge is 0.191 e. The normalized spacial score (nSPS) is 13.1. The van der Waals surface area contributed by atoms with Crippen LogP contribution in [0.15, 0.2) is 35.3 Å². The van der Waals surface area contributed by atoms with Gasteiger partial charge in [0, 0.05) is 32.8 Å². The SMILES string of the molecule is CCNC(=NCCCN(C)CCOC)NC(C)CCc1ccccc1. The van der Waals surface area contributed by atoms with Gasteiger partial charge in [-0.05, 0) is 52.3 Å². The van der Waals surface area contributed by atoms with Gasteiger partial charge in [0.2, 0.25) is 0 Å². The third kappa shape index (κ3) is 10.8. The summed E-state index contributed by atoms with van der Waals surface area (Å²) in [5.74, 6) is 0.919. The minimum Gasteiger partial charge on any atom is -0.383 e. The van der Waals surface area contributed by atoms with Crippen LogP contribution < -0.4 is 10.6 Å². The molecule has 1 aromatic carbocycles. The molecule has 142 valence electrons. The Kier molecular flexibility index (Phi) is 11.7. The summed E-state index contributed by atoms with van der Waals surface area (Å²) >= 11 is 0. The van der Waals surface area contributed by atoms with Crippen LogP contribution in [0.5, 0.6) is 0 Å². The summed E-state index contributed by atoms with van der Waals surface area (Å²) in [6, 6.07) is 11.0. The molecule has 5 heteroatoms. The zero-order valence-corrected chi connectivity index (χ0v) is 16.4. The monoisotopic (exact) mass is 348 g/mol. The van der Waals surface area contributed by atoms with Gasteiger partial charge in [0.25, 0.3) is 0 Å². The van der Waals surface area contributed by atoms with E-state index in [0.717, 1.165) is 58.0 Å². The van der Waals surface area contributed by atoms with Crippen molar-refractivity contribution in [2.45, 2.75) is 39.2 Å². The highest BCUT2D eigenvalue weighted by molar-refractivity contribution is 5.80. The van der Waals surface area contributed by atoms with Crippen LogP contribution in [0.4, 0.5) is 0 Å². The van der Waals surface area contributed by atoms with Crippen molar-refractivity contribution in [1.29, 1.82) is 0 Å². The van der Waals surface area contributed by atoms with E-state index in [1.54, 1.807) is 7.11 Å². The Bertz CT molecular complexity index is 464. The van der Waals surface area contributed by atoms with Crippen molar-refractivity contribution in [3.63, 3.8) is 0 Å². The van der Waals surface area contributed by atoms with E-state index in [1.165, 1.54) is 5.56 Å². The second-order valence-corrected chi connectivity index (χ2v) is 6.48.